The van der Waals surface area contributed by atoms with E-state index in [0.29, 0.717) is 5.92 Å². The predicted molar refractivity (Wildman–Crippen MR) is 81.9 cm³/mol. The van der Waals surface area contributed by atoms with E-state index < -0.39 is 0 Å². The molecule has 0 unspecified atom stereocenters. The van der Waals surface area contributed by atoms with Crippen LogP contribution in [0.4, 0.5) is 0 Å². The number of nitrogens with zero attached hydrogens (tertiary/aromatic N) is 1. The van der Waals surface area contributed by atoms with Crippen LogP contribution in [0.5, 0.6) is 0 Å². The average molecular weight is 273 g/mol. The molecule has 0 bridgehead atoms. The fraction of sp³-hybridized carbons (Fsp3) is 0.722. The number of aliphatic hydroxyl groups is 1. The lowest BCUT2D eigenvalue weighted by Gasteiger charge is -2.35. The molecule has 1 saturated carbocycles. The monoisotopic (exact) mass is 273 g/mol. The van der Waals surface area contributed by atoms with E-state index in [0.717, 1.165) is 24.8 Å². The average Bonchev–Trinajstić information content (AvgIpc) is 2.89. The van der Waals surface area contributed by atoms with Gasteiger partial charge in [-0.25, -0.2) is 0 Å². The zero-order valence-electron chi connectivity index (χ0n) is 13.1. The lowest BCUT2D eigenvalue weighted by molar-refractivity contribution is 0.0971. The van der Waals surface area contributed by atoms with Crippen LogP contribution in [-0.2, 0) is 12.8 Å². The van der Waals surface area contributed by atoms with E-state index in [1.54, 1.807) is 0 Å². The largest absolute Gasteiger partial charge is 0.388 e. The van der Waals surface area contributed by atoms with Crippen molar-refractivity contribution in [3.8, 4) is 0 Å². The summed E-state index contributed by atoms with van der Waals surface area (Å²) in [7, 11) is 0. The Morgan fingerprint density at radius 1 is 1.30 bits per heavy atom. The summed E-state index contributed by atoms with van der Waals surface area (Å²) in [5.41, 5.74) is 5.12. The molecule has 0 amide bonds. The van der Waals surface area contributed by atoms with Crippen LogP contribution in [0.1, 0.15) is 87.4 Å². The maximum atomic E-state index is 10.5. The molecule has 1 N–H and O–H groups in total. The van der Waals surface area contributed by atoms with Crippen LogP contribution in [-0.4, -0.2) is 10.1 Å². The number of fused-ring (bicyclic) bond motifs is 1. The third-order valence-corrected chi connectivity index (χ3v) is 5.12. The number of rotatable bonds is 2. The SMILES string of the molecule is CCc1cc(C2CCCC2)nc2c1[C@@H](O)CC(C)(C)C2. The smallest absolute Gasteiger partial charge is 0.0815 e. The third kappa shape index (κ3) is 2.50. The molecule has 0 aromatic carbocycles. The van der Waals surface area contributed by atoms with E-state index in [1.807, 2.05) is 0 Å². The Morgan fingerprint density at radius 3 is 2.65 bits per heavy atom. The number of aryl methyl sites for hydroxylation is 1. The lowest BCUT2D eigenvalue weighted by atomic mass is 9.73. The highest BCUT2D eigenvalue weighted by molar-refractivity contribution is 5.38. The minimum atomic E-state index is -0.325. The van der Waals surface area contributed by atoms with Gasteiger partial charge in [-0.3, -0.25) is 4.98 Å². The van der Waals surface area contributed by atoms with E-state index in [2.05, 4.69) is 26.8 Å². The van der Waals surface area contributed by atoms with Gasteiger partial charge in [-0.15, -0.1) is 0 Å². The van der Waals surface area contributed by atoms with Gasteiger partial charge in [-0.2, -0.15) is 0 Å². The summed E-state index contributed by atoms with van der Waals surface area (Å²) in [4.78, 5) is 4.99. The Bertz CT molecular complexity index is 500. The van der Waals surface area contributed by atoms with E-state index >= 15 is 0 Å². The van der Waals surface area contributed by atoms with Crippen molar-refractivity contribution < 1.29 is 5.11 Å². The van der Waals surface area contributed by atoms with Gasteiger partial charge in [0.2, 0.25) is 0 Å². The molecule has 3 rings (SSSR count). The molecular weight excluding hydrogens is 246 g/mol. The Kier molecular flexibility index (Phi) is 3.62. The second kappa shape index (κ2) is 5.14. The van der Waals surface area contributed by atoms with Gasteiger partial charge in [0.1, 0.15) is 0 Å². The first-order valence-corrected chi connectivity index (χ1v) is 8.21. The maximum absolute atomic E-state index is 10.5. The highest BCUT2D eigenvalue weighted by Gasteiger charge is 2.34. The highest BCUT2D eigenvalue weighted by Crippen LogP contribution is 2.43. The van der Waals surface area contributed by atoms with Gasteiger partial charge >= 0.3 is 0 Å². The van der Waals surface area contributed by atoms with Crippen molar-refractivity contribution in [3.63, 3.8) is 0 Å². The van der Waals surface area contributed by atoms with Crippen LogP contribution >= 0.6 is 0 Å². The molecule has 2 heteroatoms. The number of pyridine rings is 1. The Labute approximate surface area is 122 Å². The zero-order chi connectivity index (χ0) is 14.3. The van der Waals surface area contributed by atoms with Gasteiger partial charge in [0.25, 0.3) is 0 Å². The molecule has 1 heterocycles. The first-order chi connectivity index (χ1) is 9.50. The number of aromatic nitrogens is 1. The van der Waals surface area contributed by atoms with Crippen LogP contribution < -0.4 is 0 Å². The fourth-order valence-electron chi connectivity index (χ4n) is 4.11. The minimum Gasteiger partial charge on any atom is -0.388 e. The van der Waals surface area contributed by atoms with Gasteiger partial charge in [0, 0.05) is 22.9 Å². The van der Waals surface area contributed by atoms with Gasteiger partial charge in [0.05, 0.1) is 6.10 Å². The number of hydrogen-bond acceptors (Lipinski definition) is 2. The third-order valence-electron chi connectivity index (χ3n) is 5.12. The van der Waals surface area contributed by atoms with Gasteiger partial charge in [0.15, 0.2) is 0 Å². The summed E-state index contributed by atoms with van der Waals surface area (Å²) in [5, 5.41) is 10.5. The van der Waals surface area contributed by atoms with Crippen molar-refractivity contribution in [2.75, 3.05) is 0 Å². The van der Waals surface area contributed by atoms with Crippen molar-refractivity contribution in [2.45, 2.75) is 77.7 Å². The van der Waals surface area contributed by atoms with E-state index in [4.69, 9.17) is 4.98 Å². The molecule has 2 nitrogen and oxygen atoms in total. The first kappa shape index (κ1) is 14.1. The number of hydrogen-bond donors (Lipinski definition) is 1. The van der Waals surface area contributed by atoms with E-state index in [1.165, 1.54) is 42.6 Å². The predicted octanol–water partition coefficient (Wildman–Crippen LogP) is 4.31. The van der Waals surface area contributed by atoms with Crippen molar-refractivity contribution in [1.82, 2.24) is 4.98 Å². The van der Waals surface area contributed by atoms with Crippen LogP contribution in [0.3, 0.4) is 0 Å². The van der Waals surface area contributed by atoms with Crippen molar-refractivity contribution in [2.24, 2.45) is 5.41 Å². The molecule has 1 fully saturated rings. The molecule has 0 radical (unpaired) electrons. The molecule has 20 heavy (non-hydrogen) atoms. The van der Waals surface area contributed by atoms with Crippen LogP contribution in [0.25, 0.3) is 0 Å². The zero-order valence-corrected chi connectivity index (χ0v) is 13.1. The maximum Gasteiger partial charge on any atom is 0.0815 e. The van der Waals surface area contributed by atoms with Crippen LogP contribution in [0.2, 0.25) is 0 Å². The Balaban J connectivity index is 2.05. The fourth-order valence-corrected chi connectivity index (χ4v) is 4.11. The van der Waals surface area contributed by atoms with Gasteiger partial charge < -0.3 is 5.11 Å². The normalized spacial score (nSPS) is 25.7. The molecule has 0 aliphatic heterocycles. The molecular formula is C18H27NO. The topological polar surface area (TPSA) is 33.1 Å². The summed E-state index contributed by atoms with van der Waals surface area (Å²) in [5.74, 6) is 0.660. The summed E-state index contributed by atoms with van der Waals surface area (Å²) in [6.45, 7) is 6.68. The van der Waals surface area contributed by atoms with Crippen molar-refractivity contribution in [3.05, 3.63) is 28.6 Å². The standard InChI is InChI=1S/C18H27NO/c1-4-12-9-14(13-7-5-6-8-13)19-15-10-18(2,3)11-16(20)17(12)15/h9,13,16,20H,4-8,10-11H2,1-3H3/t16-/m0/s1. The van der Waals surface area contributed by atoms with Crippen LogP contribution in [0.15, 0.2) is 6.07 Å². The summed E-state index contributed by atoms with van der Waals surface area (Å²) in [6, 6.07) is 2.29. The Hall–Kier alpha value is -0.890. The minimum absolute atomic E-state index is 0.165. The highest BCUT2D eigenvalue weighted by atomic mass is 16.3. The molecule has 0 spiro atoms. The Morgan fingerprint density at radius 2 is 2.00 bits per heavy atom. The second-order valence-corrected chi connectivity index (χ2v) is 7.46. The van der Waals surface area contributed by atoms with Gasteiger partial charge in [-0.05, 0) is 49.1 Å². The summed E-state index contributed by atoms with van der Waals surface area (Å²) < 4.78 is 0. The molecule has 110 valence electrons. The summed E-state index contributed by atoms with van der Waals surface area (Å²) in [6.07, 6.45) is 7.82. The van der Waals surface area contributed by atoms with Crippen LogP contribution in [0, 0.1) is 5.41 Å². The quantitative estimate of drug-likeness (QED) is 0.871. The lowest BCUT2D eigenvalue weighted by Crippen LogP contribution is -2.28. The molecule has 0 saturated heterocycles. The molecule has 1 aromatic rings. The van der Waals surface area contributed by atoms with E-state index in [-0.39, 0.29) is 11.5 Å². The molecule has 1 aromatic heterocycles. The van der Waals surface area contributed by atoms with Crippen molar-refractivity contribution >= 4 is 0 Å². The molecule has 2 aliphatic rings. The van der Waals surface area contributed by atoms with Gasteiger partial charge in [-0.1, -0.05) is 33.6 Å². The molecule has 2 aliphatic carbocycles. The first-order valence-electron chi connectivity index (χ1n) is 8.21. The summed E-state index contributed by atoms with van der Waals surface area (Å²) >= 11 is 0. The van der Waals surface area contributed by atoms with Crippen molar-refractivity contribution in [1.29, 1.82) is 0 Å². The number of aliphatic hydroxyl groups excluding tert-OH is 1. The van der Waals surface area contributed by atoms with E-state index in [9.17, 15) is 5.11 Å². The second-order valence-electron chi connectivity index (χ2n) is 7.46. The molecule has 1 atom stereocenters.